The number of aryl methyl sites for hydroxylation is 1. The van der Waals surface area contributed by atoms with Crippen LogP contribution in [0.25, 0.3) is 0 Å². The molecule has 0 aliphatic rings. The second kappa shape index (κ2) is 5.81. The SMILES string of the molecule is CCCCc1ocnc1CNC(C)C. The molecule has 0 spiro atoms. The fourth-order valence-corrected chi connectivity index (χ4v) is 1.28. The van der Waals surface area contributed by atoms with E-state index in [1.807, 2.05) is 0 Å². The third-order valence-electron chi connectivity index (χ3n) is 2.16. The van der Waals surface area contributed by atoms with Gasteiger partial charge in [0.15, 0.2) is 6.39 Å². The van der Waals surface area contributed by atoms with Crippen LogP contribution in [0.2, 0.25) is 0 Å². The molecule has 0 radical (unpaired) electrons. The first kappa shape index (κ1) is 11.2. The summed E-state index contributed by atoms with van der Waals surface area (Å²) in [6.45, 7) is 7.26. The Morgan fingerprint density at radius 3 is 2.93 bits per heavy atom. The number of nitrogens with one attached hydrogen (secondary N) is 1. The standard InChI is InChI=1S/C11H20N2O/c1-4-5-6-11-10(13-8-14-11)7-12-9(2)3/h8-9,12H,4-7H2,1-3H3. The van der Waals surface area contributed by atoms with Gasteiger partial charge in [0.25, 0.3) is 0 Å². The second-order valence-electron chi connectivity index (χ2n) is 3.86. The van der Waals surface area contributed by atoms with Crippen LogP contribution in [-0.4, -0.2) is 11.0 Å². The minimum absolute atomic E-state index is 0.491. The Morgan fingerprint density at radius 1 is 1.50 bits per heavy atom. The molecule has 3 nitrogen and oxygen atoms in total. The normalized spacial score (nSPS) is 11.1. The third-order valence-corrected chi connectivity index (χ3v) is 2.16. The molecule has 0 aliphatic heterocycles. The van der Waals surface area contributed by atoms with Gasteiger partial charge in [0.2, 0.25) is 0 Å². The van der Waals surface area contributed by atoms with E-state index in [1.54, 1.807) is 6.39 Å². The van der Waals surface area contributed by atoms with Gasteiger partial charge in [-0.3, -0.25) is 0 Å². The van der Waals surface area contributed by atoms with Gasteiger partial charge < -0.3 is 9.73 Å². The van der Waals surface area contributed by atoms with Crippen LogP contribution < -0.4 is 5.32 Å². The number of oxazole rings is 1. The highest BCUT2D eigenvalue weighted by Gasteiger charge is 2.07. The smallest absolute Gasteiger partial charge is 0.181 e. The van der Waals surface area contributed by atoms with E-state index in [0.29, 0.717) is 6.04 Å². The molecule has 1 aromatic heterocycles. The summed E-state index contributed by atoms with van der Waals surface area (Å²) in [7, 11) is 0. The van der Waals surface area contributed by atoms with E-state index in [4.69, 9.17) is 4.42 Å². The zero-order chi connectivity index (χ0) is 10.4. The quantitative estimate of drug-likeness (QED) is 0.759. The maximum atomic E-state index is 5.35. The van der Waals surface area contributed by atoms with E-state index in [1.165, 1.54) is 12.8 Å². The number of rotatable bonds is 6. The van der Waals surface area contributed by atoms with Crippen molar-refractivity contribution in [2.75, 3.05) is 0 Å². The molecule has 1 aromatic rings. The van der Waals surface area contributed by atoms with Crippen molar-refractivity contribution in [3.8, 4) is 0 Å². The first-order valence-electron chi connectivity index (χ1n) is 5.38. The number of aromatic nitrogens is 1. The van der Waals surface area contributed by atoms with E-state index < -0.39 is 0 Å². The number of hydrogen-bond donors (Lipinski definition) is 1. The topological polar surface area (TPSA) is 38.1 Å². The summed E-state index contributed by atoms with van der Waals surface area (Å²) in [5, 5.41) is 3.34. The summed E-state index contributed by atoms with van der Waals surface area (Å²) in [6, 6.07) is 0.491. The molecule has 80 valence electrons. The van der Waals surface area contributed by atoms with Gasteiger partial charge in [0, 0.05) is 19.0 Å². The summed E-state index contributed by atoms with van der Waals surface area (Å²) in [5.74, 6) is 1.04. The average molecular weight is 196 g/mol. The summed E-state index contributed by atoms with van der Waals surface area (Å²) >= 11 is 0. The van der Waals surface area contributed by atoms with Gasteiger partial charge in [-0.15, -0.1) is 0 Å². The number of nitrogens with zero attached hydrogens (tertiary/aromatic N) is 1. The Bertz CT molecular complexity index is 256. The molecule has 3 heteroatoms. The van der Waals surface area contributed by atoms with Crippen LogP contribution in [0.3, 0.4) is 0 Å². The number of unbranched alkanes of at least 4 members (excludes halogenated alkanes) is 1. The molecule has 14 heavy (non-hydrogen) atoms. The van der Waals surface area contributed by atoms with Crippen LogP contribution in [0.15, 0.2) is 10.8 Å². The predicted molar refractivity (Wildman–Crippen MR) is 57.1 cm³/mol. The van der Waals surface area contributed by atoms with Crippen molar-refractivity contribution in [1.82, 2.24) is 10.3 Å². The molecule has 1 N–H and O–H groups in total. The van der Waals surface area contributed by atoms with E-state index in [9.17, 15) is 0 Å². The Morgan fingerprint density at radius 2 is 2.29 bits per heavy atom. The monoisotopic (exact) mass is 196 g/mol. The minimum Gasteiger partial charge on any atom is -0.448 e. The lowest BCUT2D eigenvalue weighted by Crippen LogP contribution is -2.22. The molecule has 0 atom stereocenters. The molecule has 0 fully saturated rings. The molecule has 0 saturated heterocycles. The third kappa shape index (κ3) is 3.50. The van der Waals surface area contributed by atoms with Crippen molar-refractivity contribution in [1.29, 1.82) is 0 Å². The molecule has 1 rings (SSSR count). The molecule has 1 heterocycles. The Hall–Kier alpha value is -0.830. The summed E-state index contributed by atoms with van der Waals surface area (Å²) < 4.78 is 5.35. The predicted octanol–water partition coefficient (Wildman–Crippen LogP) is 2.52. The van der Waals surface area contributed by atoms with Crippen LogP contribution in [0.5, 0.6) is 0 Å². The van der Waals surface area contributed by atoms with Gasteiger partial charge in [-0.25, -0.2) is 4.98 Å². The zero-order valence-electron chi connectivity index (χ0n) is 9.34. The van der Waals surface area contributed by atoms with Crippen LogP contribution in [0.1, 0.15) is 45.1 Å². The van der Waals surface area contributed by atoms with Crippen molar-refractivity contribution >= 4 is 0 Å². The van der Waals surface area contributed by atoms with E-state index >= 15 is 0 Å². The van der Waals surface area contributed by atoms with E-state index in [-0.39, 0.29) is 0 Å². The lowest BCUT2D eigenvalue weighted by molar-refractivity contribution is 0.487. The van der Waals surface area contributed by atoms with Crippen LogP contribution in [0, 0.1) is 0 Å². The lowest BCUT2D eigenvalue weighted by Gasteiger charge is -2.06. The van der Waals surface area contributed by atoms with Gasteiger partial charge in [-0.2, -0.15) is 0 Å². The molecule has 0 unspecified atom stereocenters. The van der Waals surface area contributed by atoms with Crippen molar-refractivity contribution in [3.05, 3.63) is 17.8 Å². The van der Waals surface area contributed by atoms with E-state index in [0.717, 1.165) is 24.4 Å². The summed E-state index contributed by atoms with van der Waals surface area (Å²) in [4.78, 5) is 4.21. The second-order valence-corrected chi connectivity index (χ2v) is 3.86. The maximum absolute atomic E-state index is 5.35. The van der Waals surface area contributed by atoms with E-state index in [2.05, 4.69) is 31.1 Å². The highest BCUT2D eigenvalue weighted by Crippen LogP contribution is 2.10. The fourth-order valence-electron chi connectivity index (χ4n) is 1.28. The minimum atomic E-state index is 0.491. The zero-order valence-corrected chi connectivity index (χ0v) is 9.34. The van der Waals surface area contributed by atoms with Crippen molar-refractivity contribution in [2.24, 2.45) is 0 Å². The van der Waals surface area contributed by atoms with Gasteiger partial charge in [0.05, 0.1) is 5.69 Å². The Balaban J connectivity index is 2.45. The van der Waals surface area contributed by atoms with Crippen LogP contribution in [0.4, 0.5) is 0 Å². The van der Waals surface area contributed by atoms with Gasteiger partial charge in [-0.1, -0.05) is 27.2 Å². The van der Waals surface area contributed by atoms with Gasteiger partial charge in [-0.05, 0) is 6.42 Å². The molecule has 0 aliphatic carbocycles. The molecular weight excluding hydrogens is 176 g/mol. The highest BCUT2D eigenvalue weighted by molar-refractivity contribution is 5.07. The van der Waals surface area contributed by atoms with Gasteiger partial charge >= 0.3 is 0 Å². The lowest BCUT2D eigenvalue weighted by atomic mass is 10.2. The Labute approximate surface area is 85.9 Å². The van der Waals surface area contributed by atoms with Crippen molar-refractivity contribution < 1.29 is 4.42 Å². The summed E-state index contributed by atoms with van der Waals surface area (Å²) in [5.41, 5.74) is 1.06. The summed E-state index contributed by atoms with van der Waals surface area (Å²) in [6.07, 6.45) is 4.91. The molecular formula is C11H20N2O. The molecule has 0 bridgehead atoms. The van der Waals surface area contributed by atoms with Gasteiger partial charge in [0.1, 0.15) is 5.76 Å². The van der Waals surface area contributed by atoms with Crippen molar-refractivity contribution in [3.63, 3.8) is 0 Å². The Kier molecular flexibility index (Phi) is 4.66. The fraction of sp³-hybridized carbons (Fsp3) is 0.727. The largest absolute Gasteiger partial charge is 0.448 e. The van der Waals surface area contributed by atoms with Crippen molar-refractivity contribution in [2.45, 2.75) is 52.6 Å². The van der Waals surface area contributed by atoms with Crippen LogP contribution >= 0.6 is 0 Å². The maximum Gasteiger partial charge on any atom is 0.181 e. The highest BCUT2D eigenvalue weighted by atomic mass is 16.3. The molecule has 0 aromatic carbocycles. The first-order chi connectivity index (χ1) is 6.74. The first-order valence-corrected chi connectivity index (χ1v) is 5.38. The number of hydrogen-bond acceptors (Lipinski definition) is 3. The molecule has 0 saturated carbocycles. The van der Waals surface area contributed by atoms with Crippen LogP contribution in [-0.2, 0) is 13.0 Å². The average Bonchev–Trinajstić information content (AvgIpc) is 2.58. The molecule has 0 amide bonds.